The van der Waals surface area contributed by atoms with E-state index in [0.29, 0.717) is 5.92 Å². The summed E-state index contributed by atoms with van der Waals surface area (Å²) in [4.78, 5) is 3.30. The van der Waals surface area contributed by atoms with Crippen LogP contribution in [-0.4, -0.2) is 36.2 Å². The molecule has 0 N–H and O–H groups in total. The van der Waals surface area contributed by atoms with E-state index in [4.69, 9.17) is 17.0 Å². The third-order valence-electron chi connectivity index (χ3n) is 2.99. The molecule has 1 aliphatic heterocycles. The average Bonchev–Trinajstić information content (AvgIpc) is 2.39. The van der Waals surface area contributed by atoms with Crippen LogP contribution in [0.15, 0.2) is 30.3 Å². The van der Waals surface area contributed by atoms with Crippen LogP contribution in [0.1, 0.15) is 18.4 Å². The molecular formula is C13H17NOS. The minimum Gasteiger partial charge on any atom is -0.378 e. The Morgan fingerprint density at radius 1 is 1.25 bits per heavy atom. The molecule has 1 aliphatic rings. The monoisotopic (exact) mass is 235 g/mol. The van der Waals surface area contributed by atoms with E-state index in [1.165, 1.54) is 5.56 Å². The van der Waals surface area contributed by atoms with Crippen molar-refractivity contribution in [1.29, 1.82) is 0 Å². The molecule has 2 nitrogen and oxygen atoms in total. The van der Waals surface area contributed by atoms with E-state index < -0.39 is 0 Å². The smallest absolute Gasteiger partial charge is 0.0853 e. The summed E-state index contributed by atoms with van der Waals surface area (Å²) < 4.78 is 5.33. The van der Waals surface area contributed by atoms with Gasteiger partial charge in [0.15, 0.2) is 0 Å². The lowest BCUT2D eigenvalue weighted by atomic mass is 10.0. The maximum atomic E-state index is 5.55. The summed E-state index contributed by atoms with van der Waals surface area (Å²) in [6, 6.07) is 10.4. The number of hydrogen-bond acceptors (Lipinski definition) is 2. The molecule has 0 aromatic heterocycles. The lowest BCUT2D eigenvalue weighted by Crippen LogP contribution is -2.41. The SMILES string of the molecule is C[C@@H](C(=S)N1CCOCC1)c1ccccc1. The van der Waals surface area contributed by atoms with E-state index in [9.17, 15) is 0 Å². The van der Waals surface area contributed by atoms with Gasteiger partial charge in [-0.15, -0.1) is 0 Å². The Hall–Kier alpha value is -0.930. The van der Waals surface area contributed by atoms with Crippen LogP contribution in [0.5, 0.6) is 0 Å². The van der Waals surface area contributed by atoms with Crippen molar-refractivity contribution in [2.24, 2.45) is 0 Å². The van der Waals surface area contributed by atoms with Gasteiger partial charge in [-0.05, 0) is 5.56 Å². The van der Waals surface area contributed by atoms with Gasteiger partial charge in [-0.3, -0.25) is 0 Å². The molecule has 0 bridgehead atoms. The third kappa shape index (κ3) is 2.60. The number of ether oxygens (including phenoxy) is 1. The van der Waals surface area contributed by atoms with Gasteiger partial charge in [0.05, 0.1) is 18.2 Å². The van der Waals surface area contributed by atoms with Crippen molar-refractivity contribution in [3.63, 3.8) is 0 Å². The van der Waals surface area contributed by atoms with Crippen molar-refractivity contribution >= 4 is 17.2 Å². The zero-order valence-corrected chi connectivity index (χ0v) is 10.4. The third-order valence-corrected chi connectivity index (χ3v) is 3.60. The first-order valence-electron chi connectivity index (χ1n) is 5.70. The summed E-state index contributed by atoms with van der Waals surface area (Å²) in [5.74, 6) is 0.314. The van der Waals surface area contributed by atoms with Crippen molar-refractivity contribution in [1.82, 2.24) is 4.90 Å². The molecule has 0 saturated carbocycles. The molecule has 0 radical (unpaired) electrons. The Morgan fingerprint density at radius 2 is 1.88 bits per heavy atom. The van der Waals surface area contributed by atoms with E-state index in [1.54, 1.807) is 0 Å². The zero-order valence-electron chi connectivity index (χ0n) is 9.56. The first kappa shape index (κ1) is 11.6. The highest BCUT2D eigenvalue weighted by Gasteiger charge is 2.19. The highest BCUT2D eigenvalue weighted by atomic mass is 32.1. The molecule has 0 amide bonds. The number of hydrogen-bond donors (Lipinski definition) is 0. The summed E-state index contributed by atoms with van der Waals surface area (Å²) in [5.41, 5.74) is 1.29. The van der Waals surface area contributed by atoms with Crippen molar-refractivity contribution < 1.29 is 4.74 Å². The maximum Gasteiger partial charge on any atom is 0.0853 e. The highest BCUT2D eigenvalue weighted by molar-refractivity contribution is 7.80. The minimum atomic E-state index is 0.314. The summed E-state index contributed by atoms with van der Waals surface area (Å²) in [6.07, 6.45) is 0. The van der Waals surface area contributed by atoms with Gasteiger partial charge < -0.3 is 9.64 Å². The number of rotatable bonds is 2. The lowest BCUT2D eigenvalue weighted by molar-refractivity contribution is 0.0680. The summed E-state index contributed by atoms with van der Waals surface area (Å²) in [7, 11) is 0. The van der Waals surface area contributed by atoms with Crippen LogP contribution in [-0.2, 0) is 4.74 Å². The fourth-order valence-electron chi connectivity index (χ4n) is 1.94. The fourth-order valence-corrected chi connectivity index (χ4v) is 2.26. The molecule has 0 aliphatic carbocycles. The second-order valence-corrected chi connectivity index (χ2v) is 4.49. The molecule has 1 aromatic rings. The predicted molar refractivity (Wildman–Crippen MR) is 69.8 cm³/mol. The number of benzene rings is 1. The van der Waals surface area contributed by atoms with Crippen LogP contribution in [0.25, 0.3) is 0 Å². The molecule has 0 spiro atoms. The molecule has 3 heteroatoms. The van der Waals surface area contributed by atoms with E-state index in [-0.39, 0.29) is 0 Å². The van der Waals surface area contributed by atoms with Crippen molar-refractivity contribution in [3.8, 4) is 0 Å². The largest absolute Gasteiger partial charge is 0.378 e. The second kappa shape index (κ2) is 5.41. The Labute approximate surface area is 102 Å². The van der Waals surface area contributed by atoms with E-state index in [0.717, 1.165) is 31.3 Å². The van der Waals surface area contributed by atoms with Gasteiger partial charge in [-0.1, -0.05) is 49.5 Å². The van der Waals surface area contributed by atoms with Gasteiger partial charge in [0, 0.05) is 19.0 Å². The van der Waals surface area contributed by atoms with Crippen LogP contribution in [0.3, 0.4) is 0 Å². The normalized spacial score (nSPS) is 18.2. The Morgan fingerprint density at radius 3 is 2.50 bits per heavy atom. The maximum absolute atomic E-state index is 5.55. The molecule has 16 heavy (non-hydrogen) atoms. The van der Waals surface area contributed by atoms with E-state index in [2.05, 4.69) is 36.1 Å². The van der Waals surface area contributed by atoms with Crippen LogP contribution in [0, 0.1) is 0 Å². The molecule has 0 unspecified atom stereocenters. The standard InChI is InChI=1S/C13H17NOS/c1-11(12-5-3-2-4-6-12)13(16)14-7-9-15-10-8-14/h2-6,11H,7-10H2,1H3/t11-/m1/s1. The first-order valence-corrected chi connectivity index (χ1v) is 6.11. The predicted octanol–water partition coefficient (Wildman–Crippen LogP) is 2.45. The lowest BCUT2D eigenvalue weighted by Gasteiger charge is -2.32. The Bertz CT molecular complexity index is 346. The zero-order chi connectivity index (χ0) is 11.4. The topological polar surface area (TPSA) is 12.5 Å². The molecule has 1 aromatic carbocycles. The van der Waals surface area contributed by atoms with Crippen molar-refractivity contribution in [3.05, 3.63) is 35.9 Å². The Balaban J connectivity index is 2.04. The van der Waals surface area contributed by atoms with Gasteiger partial charge in [-0.2, -0.15) is 0 Å². The fraction of sp³-hybridized carbons (Fsp3) is 0.462. The van der Waals surface area contributed by atoms with Gasteiger partial charge in [0.1, 0.15) is 0 Å². The second-order valence-electron chi connectivity index (χ2n) is 4.07. The van der Waals surface area contributed by atoms with Crippen LogP contribution >= 0.6 is 12.2 Å². The van der Waals surface area contributed by atoms with Gasteiger partial charge in [0.25, 0.3) is 0 Å². The summed E-state index contributed by atoms with van der Waals surface area (Å²) in [5, 5.41) is 0. The molecule has 2 rings (SSSR count). The molecule has 1 fully saturated rings. The number of thiocarbonyl (C=S) groups is 1. The molecule has 1 heterocycles. The van der Waals surface area contributed by atoms with Gasteiger partial charge in [0.2, 0.25) is 0 Å². The van der Waals surface area contributed by atoms with Crippen LogP contribution in [0.2, 0.25) is 0 Å². The number of morpholine rings is 1. The van der Waals surface area contributed by atoms with E-state index >= 15 is 0 Å². The van der Waals surface area contributed by atoms with Crippen LogP contribution in [0.4, 0.5) is 0 Å². The highest BCUT2D eigenvalue weighted by Crippen LogP contribution is 2.19. The summed E-state index contributed by atoms with van der Waals surface area (Å²) in [6.45, 7) is 5.61. The molecule has 1 saturated heterocycles. The first-order chi connectivity index (χ1) is 7.79. The molecule has 1 atom stereocenters. The van der Waals surface area contributed by atoms with E-state index in [1.807, 2.05) is 6.07 Å². The van der Waals surface area contributed by atoms with Crippen molar-refractivity contribution in [2.45, 2.75) is 12.8 Å². The average molecular weight is 235 g/mol. The van der Waals surface area contributed by atoms with Crippen LogP contribution < -0.4 is 0 Å². The minimum absolute atomic E-state index is 0.314. The quantitative estimate of drug-likeness (QED) is 0.731. The van der Waals surface area contributed by atoms with Gasteiger partial charge >= 0.3 is 0 Å². The Kier molecular flexibility index (Phi) is 3.91. The molecular weight excluding hydrogens is 218 g/mol. The van der Waals surface area contributed by atoms with Crippen molar-refractivity contribution in [2.75, 3.05) is 26.3 Å². The number of nitrogens with zero attached hydrogens (tertiary/aromatic N) is 1. The summed E-state index contributed by atoms with van der Waals surface area (Å²) >= 11 is 5.55. The van der Waals surface area contributed by atoms with Gasteiger partial charge in [-0.25, -0.2) is 0 Å². The molecule has 86 valence electrons.